The van der Waals surface area contributed by atoms with Crippen LogP contribution in [0.1, 0.15) is 27.9 Å². The fourth-order valence-electron chi connectivity index (χ4n) is 3.90. The first-order valence-electron chi connectivity index (χ1n) is 10.6. The van der Waals surface area contributed by atoms with Crippen LogP contribution in [0.15, 0.2) is 66.7 Å². The third-order valence-corrected chi connectivity index (χ3v) is 6.39. The van der Waals surface area contributed by atoms with Crippen LogP contribution in [0, 0.1) is 21.4 Å². The molecule has 0 aromatic heterocycles. The van der Waals surface area contributed by atoms with Crippen molar-refractivity contribution in [1.29, 1.82) is 5.26 Å². The van der Waals surface area contributed by atoms with Gasteiger partial charge in [0.05, 0.1) is 28.7 Å². The topological polar surface area (TPSA) is 125 Å². The van der Waals surface area contributed by atoms with Crippen molar-refractivity contribution in [3.05, 3.63) is 104 Å². The van der Waals surface area contributed by atoms with Crippen LogP contribution in [0.5, 0.6) is 0 Å². The van der Waals surface area contributed by atoms with E-state index in [0.29, 0.717) is 16.1 Å². The number of benzene rings is 3. The van der Waals surface area contributed by atoms with Crippen molar-refractivity contribution in [3.63, 3.8) is 0 Å². The van der Waals surface area contributed by atoms with E-state index < -0.39 is 34.4 Å². The molecular formula is C25H16Cl2N4O5. The molecule has 1 saturated heterocycles. The predicted octanol–water partition coefficient (Wildman–Crippen LogP) is 4.75. The number of imide groups is 1. The minimum atomic E-state index is -1.19. The van der Waals surface area contributed by atoms with Crippen LogP contribution in [0.2, 0.25) is 10.0 Å². The molecule has 0 bridgehead atoms. The SMILES string of the molecule is N#Cc1ccc(N2C(=O)CC(N(Cc3ccccc3Cl)C(=O)c3ccc(Cl)c([N+](=O)[O-])c3)C2=O)cc1. The molecule has 1 atom stereocenters. The van der Waals surface area contributed by atoms with Crippen molar-refractivity contribution >= 4 is 52.3 Å². The van der Waals surface area contributed by atoms with Crippen LogP contribution in [0.4, 0.5) is 11.4 Å². The van der Waals surface area contributed by atoms with Crippen molar-refractivity contribution in [2.45, 2.75) is 19.0 Å². The van der Waals surface area contributed by atoms with E-state index in [0.717, 1.165) is 11.0 Å². The third-order valence-electron chi connectivity index (χ3n) is 5.70. The molecule has 0 saturated carbocycles. The van der Waals surface area contributed by atoms with Crippen molar-refractivity contribution in [3.8, 4) is 6.07 Å². The van der Waals surface area contributed by atoms with Crippen LogP contribution in [0.25, 0.3) is 0 Å². The Labute approximate surface area is 215 Å². The summed E-state index contributed by atoms with van der Waals surface area (Å²) in [6.07, 6.45) is -0.301. The Hall–Kier alpha value is -4.26. The maximum absolute atomic E-state index is 13.6. The summed E-state index contributed by atoms with van der Waals surface area (Å²) in [4.78, 5) is 52.7. The number of rotatable bonds is 6. The van der Waals surface area contributed by atoms with Crippen molar-refractivity contribution in [2.24, 2.45) is 0 Å². The lowest BCUT2D eigenvalue weighted by Gasteiger charge is -2.28. The summed E-state index contributed by atoms with van der Waals surface area (Å²) in [5.41, 5.74) is 0.601. The number of halogens is 2. The first kappa shape index (κ1) is 24.9. The first-order chi connectivity index (χ1) is 17.2. The fraction of sp³-hybridized carbons (Fsp3) is 0.120. The van der Waals surface area contributed by atoms with E-state index in [9.17, 15) is 24.5 Å². The molecule has 1 heterocycles. The van der Waals surface area contributed by atoms with E-state index in [4.69, 9.17) is 28.5 Å². The molecule has 0 radical (unpaired) electrons. The van der Waals surface area contributed by atoms with E-state index in [1.165, 1.54) is 41.3 Å². The first-order valence-corrected chi connectivity index (χ1v) is 11.3. The summed E-state index contributed by atoms with van der Waals surface area (Å²) in [6.45, 7) is -0.125. The zero-order valence-corrected chi connectivity index (χ0v) is 19.9. The summed E-state index contributed by atoms with van der Waals surface area (Å²) < 4.78 is 0. The number of carbonyl (C=O) groups excluding carboxylic acids is 3. The molecule has 180 valence electrons. The number of nitrogens with zero attached hydrogens (tertiary/aromatic N) is 4. The molecule has 36 heavy (non-hydrogen) atoms. The molecule has 1 aliphatic heterocycles. The van der Waals surface area contributed by atoms with Crippen LogP contribution < -0.4 is 4.90 Å². The summed E-state index contributed by atoms with van der Waals surface area (Å²) in [6, 6.07) is 17.0. The monoisotopic (exact) mass is 522 g/mol. The van der Waals surface area contributed by atoms with Crippen molar-refractivity contribution in [2.75, 3.05) is 4.90 Å². The zero-order valence-electron chi connectivity index (χ0n) is 18.4. The Morgan fingerprint density at radius 2 is 1.78 bits per heavy atom. The highest BCUT2D eigenvalue weighted by Crippen LogP contribution is 2.31. The van der Waals surface area contributed by atoms with Gasteiger partial charge in [-0.2, -0.15) is 5.26 Å². The highest BCUT2D eigenvalue weighted by molar-refractivity contribution is 6.33. The van der Waals surface area contributed by atoms with Gasteiger partial charge in [-0.3, -0.25) is 24.5 Å². The minimum absolute atomic E-state index is 0.0739. The molecule has 3 amide bonds. The Morgan fingerprint density at radius 1 is 1.08 bits per heavy atom. The van der Waals surface area contributed by atoms with Gasteiger partial charge in [0.1, 0.15) is 11.1 Å². The Balaban J connectivity index is 1.74. The summed E-state index contributed by atoms with van der Waals surface area (Å²) >= 11 is 12.2. The van der Waals surface area contributed by atoms with Gasteiger partial charge in [-0.25, -0.2) is 4.90 Å². The third kappa shape index (κ3) is 4.77. The van der Waals surface area contributed by atoms with E-state index >= 15 is 0 Å². The normalized spacial score (nSPS) is 15.0. The maximum atomic E-state index is 13.6. The number of carbonyl (C=O) groups is 3. The Bertz CT molecular complexity index is 1440. The van der Waals surface area contributed by atoms with E-state index in [-0.39, 0.29) is 29.2 Å². The molecule has 1 aliphatic rings. The van der Waals surface area contributed by atoms with Gasteiger partial charge in [-0.1, -0.05) is 41.4 Å². The quantitative estimate of drug-likeness (QED) is 0.261. The molecule has 3 aromatic rings. The average molecular weight is 523 g/mol. The van der Waals surface area contributed by atoms with Gasteiger partial charge in [0.25, 0.3) is 17.5 Å². The van der Waals surface area contributed by atoms with Crippen LogP contribution in [-0.2, 0) is 16.1 Å². The molecule has 4 rings (SSSR count). The largest absolute Gasteiger partial charge is 0.322 e. The van der Waals surface area contributed by atoms with Crippen LogP contribution in [-0.4, -0.2) is 33.6 Å². The second-order valence-electron chi connectivity index (χ2n) is 7.89. The summed E-state index contributed by atoms with van der Waals surface area (Å²) in [7, 11) is 0. The average Bonchev–Trinajstić information content (AvgIpc) is 3.16. The minimum Gasteiger partial charge on any atom is -0.322 e. The van der Waals surface area contributed by atoms with Gasteiger partial charge in [0.15, 0.2) is 0 Å². The summed E-state index contributed by atoms with van der Waals surface area (Å²) in [5, 5.41) is 20.6. The predicted molar refractivity (Wildman–Crippen MR) is 131 cm³/mol. The highest BCUT2D eigenvalue weighted by Gasteiger charge is 2.44. The number of amides is 3. The highest BCUT2D eigenvalue weighted by atomic mass is 35.5. The Kier molecular flexibility index (Phi) is 7.01. The van der Waals surface area contributed by atoms with E-state index in [1.54, 1.807) is 24.3 Å². The van der Waals surface area contributed by atoms with Crippen LogP contribution >= 0.6 is 23.2 Å². The number of nitriles is 1. The molecule has 3 aromatic carbocycles. The standard InChI is InChI=1S/C25H16Cl2N4O5/c26-19-4-2-1-3-17(19)14-29(24(33)16-7-10-20(27)21(11-16)31(35)36)22-12-23(32)30(25(22)34)18-8-5-15(13-28)6-9-18/h1-11,22H,12,14H2. The number of nitro benzene ring substituents is 1. The van der Waals surface area contributed by atoms with Gasteiger partial charge in [-0.15, -0.1) is 0 Å². The molecule has 0 N–H and O–H groups in total. The molecule has 1 unspecified atom stereocenters. The molecule has 1 fully saturated rings. The lowest BCUT2D eigenvalue weighted by atomic mass is 10.1. The number of hydrogen-bond donors (Lipinski definition) is 0. The van der Waals surface area contributed by atoms with Crippen LogP contribution in [0.3, 0.4) is 0 Å². The van der Waals surface area contributed by atoms with Gasteiger partial charge in [-0.05, 0) is 48.0 Å². The number of hydrogen-bond acceptors (Lipinski definition) is 6. The number of nitro groups is 1. The smallest absolute Gasteiger partial charge is 0.288 e. The Morgan fingerprint density at radius 3 is 2.42 bits per heavy atom. The van der Waals surface area contributed by atoms with E-state index in [1.807, 2.05) is 6.07 Å². The molecule has 11 heteroatoms. The lowest BCUT2D eigenvalue weighted by molar-refractivity contribution is -0.384. The zero-order chi connectivity index (χ0) is 26.0. The van der Waals surface area contributed by atoms with Gasteiger partial charge in [0, 0.05) is 23.2 Å². The van der Waals surface area contributed by atoms with E-state index in [2.05, 4.69) is 0 Å². The number of anilines is 1. The molecule has 0 aliphatic carbocycles. The molecule has 0 spiro atoms. The second kappa shape index (κ2) is 10.2. The van der Waals surface area contributed by atoms with Gasteiger partial charge < -0.3 is 4.90 Å². The van der Waals surface area contributed by atoms with Gasteiger partial charge >= 0.3 is 0 Å². The maximum Gasteiger partial charge on any atom is 0.288 e. The van der Waals surface area contributed by atoms with Gasteiger partial charge in [0.2, 0.25) is 5.91 Å². The fourth-order valence-corrected chi connectivity index (χ4v) is 4.28. The lowest BCUT2D eigenvalue weighted by Crippen LogP contribution is -2.45. The van der Waals surface area contributed by atoms with Crippen molar-refractivity contribution < 1.29 is 19.3 Å². The summed E-state index contributed by atoms with van der Waals surface area (Å²) in [5.74, 6) is -1.88. The second-order valence-corrected chi connectivity index (χ2v) is 8.71. The molecular weight excluding hydrogens is 507 g/mol. The molecule has 9 nitrogen and oxygen atoms in total. The van der Waals surface area contributed by atoms with Crippen molar-refractivity contribution in [1.82, 2.24) is 4.90 Å².